The Hall–Kier alpha value is -2.04. The lowest BCUT2D eigenvalue weighted by Gasteiger charge is -2.09. The summed E-state index contributed by atoms with van der Waals surface area (Å²) in [4.78, 5) is 8.75. The molecule has 3 rings (SSSR count). The summed E-state index contributed by atoms with van der Waals surface area (Å²) in [5.74, 6) is 0.817. The standard InChI is InChI=1S/C14H10Cl2N4/c15-9-6-5-8(7-10(9)16)18-14-13(17)19-11-3-1-2-4-12(11)20-14/h1-7H,(H2,17,19)(H,18,20). The third-order valence-electron chi connectivity index (χ3n) is 2.78. The van der Waals surface area contributed by atoms with E-state index >= 15 is 0 Å². The number of nitrogen functional groups attached to an aromatic ring is 1. The van der Waals surface area contributed by atoms with Gasteiger partial charge in [-0.15, -0.1) is 0 Å². The van der Waals surface area contributed by atoms with E-state index in [1.165, 1.54) is 0 Å². The summed E-state index contributed by atoms with van der Waals surface area (Å²) in [7, 11) is 0. The zero-order valence-corrected chi connectivity index (χ0v) is 11.8. The summed E-state index contributed by atoms with van der Waals surface area (Å²) >= 11 is 11.9. The van der Waals surface area contributed by atoms with Crippen molar-refractivity contribution in [3.63, 3.8) is 0 Å². The van der Waals surface area contributed by atoms with E-state index in [1.54, 1.807) is 18.2 Å². The molecule has 0 unspecified atom stereocenters. The molecule has 2 aromatic carbocycles. The molecule has 0 amide bonds. The minimum Gasteiger partial charge on any atom is -0.381 e. The molecule has 0 atom stereocenters. The highest BCUT2D eigenvalue weighted by atomic mass is 35.5. The molecule has 0 aliphatic carbocycles. The van der Waals surface area contributed by atoms with Gasteiger partial charge in [-0.25, -0.2) is 9.97 Å². The fourth-order valence-corrected chi connectivity index (χ4v) is 2.11. The van der Waals surface area contributed by atoms with Crippen LogP contribution in [0.4, 0.5) is 17.3 Å². The Labute approximate surface area is 125 Å². The monoisotopic (exact) mass is 304 g/mol. The molecule has 6 heteroatoms. The smallest absolute Gasteiger partial charge is 0.174 e. The molecule has 0 spiro atoms. The largest absolute Gasteiger partial charge is 0.381 e. The molecule has 3 aromatic rings. The first-order valence-corrected chi connectivity index (χ1v) is 6.63. The van der Waals surface area contributed by atoms with Gasteiger partial charge in [0, 0.05) is 5.69 Å². The number of rotatable bonds is 2. The quantitative estimate of drug-likeness (QED) is 0.742. The van der Waals surface area contributed by atoms with Crippen molar-refractivity contribution < 1.29 is 0 Å². The van der Waals surface area contributed by atoms with E-state index in [4.69, 9.17) is 28.9 Å². The number of aromatic nitrogens is 2. The number of nitrogens with one attached hydrogen (secondary N) is 1. The van der Waals surface area contributed by atoms with Crippen molar-refractivity contribution in [3.05, 3.63) is 52.5 Å². The first-order valence-electron chi connectivity index (χ1n) is 5.88. The summed E-state index contributed by atoms with van der Waals surface area (Å²) in [6.45, 7) is 0. The van der Waals surface area contributed by atoms with Gasteiger partial charge in [0.05, 0.1) is 21.1 Å². The molecular weight excluding hydrogens is 295 g/mol. The van der Waals surface area contributed by atoms with Gasteiger partial charge in [0.1, 0.15) is 0 Å². The summed E-state index contributed by atoms with van der Waals surface area (Å²) in [5.41, 5.74) is 8.18. The van der Waals surface area contributed by atoms with E-state index < -0.39 is 0 Å². The van der Waals surface area contributed by atoms with Gasteiger partial charge in [-0.2, -0.15) is 0 Å². The number of para-hydroxylation sites is 2. The van der Waals surface area contributed by atoms with Crippen molar-refractivity contribution in [3.8, 4) is 0 Å². The van der Waals surface area contributed by atoms with Gasteiger partial charge in [0.2, 0.25) is 0 Å². The van der Waals surface area contributed by atoms with Crippen molar-refractivity contribution in [1.29, 1.82) is 0 Å². The van der Waals surface area contributed by atoms with E-state index in [1.807, 2.05) is 24.3 Å². The highest BCUT2D eigenvalue weighted by Crippen LogP contribution is 2.28. The van der Waals surface area contributed by atoms with Crippen LogP contribution in [-0.4, -0.2) is 9.97 Å². The molecule has 0 saturated heterocycles. The molecule has 100 valence electrons. The first-order chi connectivity index (χ1) is 9.63. The Bertz CT molecular complexity index is 789. The molecule has 0 radical (unpaired) electrons. The van der Waals surface area contributed by atoms with Crippen LogP contribution in [0.15, 0.2) is 42.5 Å². The summed E-state index contributed by atoms with van der Waals surface area (Å²) in [5, 5.41) is 4.05. The van der Waals surface area contributed by atoms with Gasteiger partial charge < -0.3 is 11.1 Å². The van der Waals surface area contributed by atoms with Gasteiger partial charge in [-0.05, 0) is 30.3 Å². The Kier molecular flexibility index (Phi) is 3.34. The molecule has 0 saturated carbocycles. The fourth-order valence-electron chi connectivity index (χ4n) is 1.82. The SMILES string of the molecule is Nc1nc2ccccc2nc1Nc1ccc(Cl)c(Cl)c1. The third kappa shape index (κ3) is 2.48. The zero-order chi connectivity index (χ0) is 14.1. The van der Waals surface area contributed by atoms with Crippen LogP contribution in [-0.2, 0) is 0 Å². The number of fused-ring (bicyclic) bond motifs is 1. The summed E-state index contributed by atoms with van der Waals surface area (Å²) in [6, 6.07) is 12.7. The summed E-state index contributed by atoms with van der Waals surface area (Å²) in [6.07, 6.45) is 0. The van der Waals surface area contributed by atoms with Crippen molar-refractivity contribution >= 4 is 51.6 Å². The predicted octanol–water partition coefficient (Wildman–Crippen LogP) is 4.26. The van der Waals surface area contributed by atoms with E-state index in [2.05, 4.69) is 15.3 Å². The maximum absolute atomic E-state index is 5.98. The maximum Gasteiger partial charge on any atom is 0.174 e. The lowest BCUT2D eigenvalue weighted by atomic mass is 10.3. The average Bonchev–Trinajstić information content (AvgIpc) is 2.44. The number of halogens is 2. The van der Waals surface area contributed by atoms with Crippen LogP contribution in [0.25, 0.3) is 11.0 Å². The van der Waals surface area contributed by atoms with Gasteiger partial charge in [-0.1, -0.05) is 35.3 Å². The fraction of sp³-hybridized carbons (Fsp3) is 0. The molecule has 0 aliphatic heterocycles. The number of benzene rings is 2. The zero-order valence-electron chi connectivity index (χ0n) is 10.3. The van der Waals surface area contributed by atoms with Crippen molar-refractivity contribution in [2.75, 3.05) is 11.1 Å². The number of hydrogen-bond acceptors (Lipinski definition) is 4. The van der Waals surface area contributed by atoms with Gasteiger partial charge in [0.25, 0.3) is 0 Å². The first kappa shape index (κ1) is 13.0. The van der Waals surface area contributed by atoms with Gasteiger partial charge >= 0.3 is 0 Å². The van der Waals surface area contributed by atoms with E-state index in [9.17, 15) is 0 Å². The van der Waals surface area contributed by atoms with Crippen LogP contribution in [0.5, 0.6) is 0 Å². The second-order valence-corrected chi connectivity index (χ2v) is 5.01. The molecular formula is C14H10Cl2N4. The highest BCUT2D eigenvalue weighted by molar-refractivity contribution is 6.42. The second-order valence-electron chi connectivity index (χ2n) is 4.20. The minimum atomic E-state index is 0.328. The van der Waals surface area contributed by atoms with Crippen LogP contribution in [0.2, 0.25) is 10.0 Å². The molecule has 1 heterocycles. The molecule has 3 N–H and O–H groups in total. The van der Waals surface area contributed by atoms with Crippen LogP contribution in [0.3, 0.4) is 0 Å². The van der Waals surface area contributed by atoms with Crippen LogP contribution in [0.1, 0.15) is 0 Å². The number of nitrogens with two attached hydrogens (primary N) is 1. The van der Waals surface area contributed by atoms with Gasteiger partial charge in [0.15, 0.2) is 11.6 Å². The summed E-state index contributed by atoms with van der Waals surface area (Å²) < 4.78 is 0. The molecule has 1 aromatic heterocycles. The van der Waals surface area contributed by atoms with Gasteiger partial charge in [-0.3, -0.25) is 0 Å². The normalized spacial score (nSPS) is 10.7. The molecule has 20 heavy (non-hydrogen) atoms. The third-order valence-corrected chi connectivity index (χ3v) is 3.52. The van der Waals surface area contributed by atoms with Crippen LogP contribution in [0, 0.1) is 0 Å². The molecule has 0 aliphatic rings. The topological polar surface area (TPSA) is 63.8 Å². The van der Waals surface area contributed by atoms with Crippen molar-refractivity contribution in [2.45, 2.75) is 0 Å². The Balaban J connectivity index is 2.01. The van der Waals surface area contributed by atoms with Crippen molar-refractivity contribution in [1.82, 2.24) is 9.97 Å². The number of anilines is 3. The van der Waals surface area contributed by atoms with E-state index in [-0.39, 0.29) is 0 Å². The molecule has 0 bridgehead atoms. The Morgan fingerprint density at radius 3 is 2.30 bits per heavy atom. The number of hydrogen-bond donors (Lipinski definition) is 2. The van der Waals surface area contributed by atoms with Crippen LogP contribution >= 0.6 is 23.2 Å². The predicted molar refractivity (Wildman–Crippen MR) is 83.7 cm³/mol. The van der Waals surface area contributed by atoms with E-state index in [0.29, 0.717) is 21.7 Å². The highest BCUT2D eigenvalue weighted by Gasteiger charge is 2.07. The minimum absolute atomic E-state index is 0.328. The van der Waals surface area contributed by atoms with E-state index in [0.717, 1.165) is 16.7 Å². The number of nitrogens with zero attached hydrogens (tertiary/aromatic N) is 2. The maximum atomic E-state index is 5.98. The Morgan fingerprint density at radius 2 is 1.60 bits per heavy atom. The molecule has 0 fully saturated rings. The van der Waals surface area contributed by atoms with Crippen LogP contribution < -0.4 is 11.1 Å². The average molecular weight is 305 g/mol. The van der Waals surface area contributed by atoms with Crippen molar-refractivity contribution in [2.24, 2.45) is 0 Å². The Morgan fingerprint density at radius 1 is 0.900 bits per heavy atom. The lowest BCUT2D eigenvalue weighted by molar-refractivity contribution is 1.29. The second kappa shape index (κ2) is 5.15. The molecule has 4 nitrogen and oxygen atoms in total. The lowest BCUT2D eigenvalue weighted by Crippen LogP contribution is -2.02.